The van der Waals surface area contributed by atoms with E-state index < -0.39 is 5.54 Å². The second-order valence-electron chi connectivity index (χ2n) is 9.37. The lowest BCUT2D eigenvalue weighted by atomic mass is 9.78. The van der Waals surface area contributed by atoms with E-state index in [1.807, 2.05) is 24.5 Å². The maximum absolute atomic E-state index is 13.7. The van der Waals surface area contributed by atoms with Gasteiger partial charge in [0.2, 0.25) is 0 Å². The Kier molecular flexibility index (Phi) is 6.70. The van der Waals surface area contributed by atoms with Crippen LogP contribution in [0.1, 0.15) is 50.3 Å². The number of pyridine rings is 1. The molecule has 0 spiro atoms. The maximum Gasteiger partial charge on any atom is 0.250 e. The van der Waals surface area contributed by atoms with Crippen LogP contribution in [0.5, 0.6) is 5.75 Å². The second kappa shape index (κ2) is 9.49. The fourth-order valence-electron chi connectivity index (χ4n) is 4.61. The zero-order valence-electron chi connectivity index (χ0n) is 18.7. The van der Waals surface area contributed by atoms with Crippen molar-refractivity contribution in [2.24, 2.45) is 16.8 Å². The molecule has 4 rings (SSSR count). The summed E-state index contributed by atoms with van der Waals surface area (Å²) in [7, 11) is 0. The summed E-state index contributed by atoms with van der Waals surface area (Å²) in [6.07, 6.45) is 9.03. The van der Waals surface area contributed by atoms with E-state index in [4.69, 9.17) is 16.6 Å². The summed E-state index contributed by atoms with van der Waals surface area (Å²) < 4.78 is 0. The van der Waals surface area contributed by atoms with E-state index in [2.05, 4.69) is 29.0 Å². The minimum Gasteiger partial charge on any atom is -0.508 e. The van der Waals surface area contributed by atoms with E-state index in [-0.39, 0.29) is 23.6 Å². The first-order valence-electron chi connectivity index (χ1n) is 11.4. The molecular weight excluding hydrogens is 424 g/mol. The first-order valence-corrected chi connectivity index (χ1v) is 11.7. The Labute approximate surface area is 194 Å². The number of aromatic hydroxyl groups is 1. The number of halogens is 1. The number of hydrogen-bond donors (Lipinski definition) is 2. The third-order valence-corrected chi connectivity index (χ3v) is 6.47. The Hall–Kier alpha value is -2.60. The number of benzene rings is 1. The van der Waals surface area contributed by atoms with Crippen LogP contribution in [-0.4, -0.2) is 45.9 Å². The summed E-state index contributed by atoms with van der Waals surface area (Å²) >= 11 is 6.11. The van der Waals surface area contributed by atoms with Crippen molar-refractivity contribution >= 4 is 23.8 Å². The zero-order valence-corrected chi connectivity index (χ0v) is 19.4. The lowest BCUT2D eigenvalue weighted by Gasteiger charge is -2.38. The number of phenols is 1. The molecule has 1 saturated carbocycles. The lowest BCUT2D eigenvalue weighted by Crippen LogP contribution is -2.52. The first-order chi connectivity index (χ1) is 15.4. The fourth-order valence-corrected chi connectivity index (χ4v) is 4.78. The summed E-state index contributed by atoms with van der Waals surface area (Å²) in [4.78, 5) is 24.8. The van der Waals surface area contributed by atoms with Gasteiger partial charge in [0.25, 0.3) is 5.91 Å². The molecule has 6 nitrogen and oxygen atoms in total. The molecule has 2 heterocycles. The minimum absolute atomic E-state index is 0.103. The second-order valence-corrected chi connectivity index (χ2v) is 9.81. The van der Waals surface area contributed by atoms with Gasteiger partial charge in [-0.05, 0) is 67.3 Å². The topological polar surface area (TPSA) is 77.8 Å². The number of carbonyl (C=O) groups excluding carboxylic acids is 1. The van der Waals surface area contributed by atoms with Crippen molar-refractivity contribution < 1.29 is 9.90 Å². The van der Waals surface area contributed by atoms with E-state index in [0.29, 0.717) is 29.5 Å². The first kappa shape index (κ1) is 22.6. The number of phenolic OH excluding ortho intramolecular Hbond substituents is 1. The molecule has 0 saturated heterocycles. The van der Waals surface area contributed by atoms with Gasteiger partial charge in [-0.3, -0.25) is 14.8 Å². The SMILES string of the molecule is CC(C)C[C@@]1(C(=O)NCCc2ccncc2)N=CN(CC2CC2)[C@H]1c1ccc(Cl)cc1O. The minimum atomic E-state index is -1.01. The van der Waals surface area contributed by atoms with Gasteiger partial charge < -0.3 is 15.3 Å². The average molecular weight is 455 g/mol. The van der Waals surface area contributed by atoms with Crippen LogP contribution >= 0.6 is 11.6 Å². The van der Waals surface area contributed by atoms with Gasteiger partial charge in [-0.15, -0.1) is 0 Å². The normalized spacial score (nSPS) is 22.5. The summed E-state index contributed by atoms with van der Waals surface area (Å²) in [6.45, 7) is 5.55. The molecule has 1 amide bonds. The molecule has 0 unspecified atom stereocenters. The highest BCUT2D eigenvalue weighted by Crippen LogP contribution is 2.47. The molecule has 1 aliphatic heterocycles. The molecule has 7 heteroatoms. The van der Waals surface area contributed by atoms with Crippen LogP contribution in [0.25, 0.3) is 0 Å². The number of nitrogens with zero attached hydrogens (tertiary/aromatic N) is 3. The number of hydrogen-bond acceptors (Lipinski definition) is 5. The van der Waals surface area contributed by atoms with E-state index in [9.17, 15) is 9.90 Å². The molecule has 2 aromatic rings. The molecule has 2 N–H and O–H groups in total. The number of amides is 1. The van der Waals surface area contributed by atoms with Gasteiger partial charge in [0.05, 0.1) is 12.4 Å². The highest BCUT2D eigenvalue weighted by atomic mass is 35.5. The Balaban J connectivity index is 1.63. The van der Waals surface area contributed by atoms with Crippen LogP contribution in [0, 0.1) is 11.8 Å². The van der Waals surface area contributed by atoms with Crippen LogP contribution in [0.15, 0.2) is 47.7 Å². The maximum atomic E-state index is 13.7. The van der Waals surface area contributed by atoms with Gasteiger partial charge in [0, 0.05) is 36.1 Å². The quantitative estimate of drug-likeness (QED) is 0.589. The molecular formula is C25H31ClN4O2. The van der Waals surface area contributed by atoms with Crippen molar-refractivity contribution in [2.45, 2.75) is 51.1 Å². The van der Waals surface area contributed by atoms with Gasteiger partial charge >= 0.3 is 0 Å². The predicted molar refractivity (Wildman–Crippen MR) is 127 cm³/mol. The fraction of sp³-hybridized carbons (Fsp3) is 0.480. The van der Waals surface area contributed by atoms with Crippen LogP contribution < -0.4 is 5.32 Å². The summed E-state index contributed by atoms with van der Waals surface area (Å²) in [5, 5.41) is 14.4. The van der Waals surface area contributed by atoms with Crippen LogP contribution in [0.4, 0.5) is 0 Å². The monoisotopic (exact) mass is 454 g/mol. The third kappa shape index (κ3) is 4.90. The molecule has 0 radical (unpaired) electrons. The van der Waals surface area contributed by atoms with Crippen molar-refractivity contribution in [1.82, 2.24) is 15.2 Å². The Morgan fingerprint density at radius 1 is 1.28 bits per heavy atom. The molecule has 1 aliphatic carbocycles. The number of carbonyl (C=O) groups is 1. The third-order valence-electron chi connectivity index (χ3n) is 6.23. The van der Waals surface area contributed by atoms with Gasteiger partial charge in [-0.25, -0.2) is 0 Å². The van der Waals surface area contributed by atoms with Crippen molar-refractivity contribution in [3.05, 3.63) is 58.9 Å². The van der Waals surface area contributed by atoms with E-state index in [1.165, 1.54) is 12.8 Å². The van der Waals surface area contributed by atoms with Gasteiger partial charge in [0.15, 0.2) is 5.54 Å². The van der Waals surface area contributed by atoms with Crippen LogP contribution in [-0.2, 0) is 11.2 Å². The highest BCUT2D eigenvalue weighted by molar-refractivity contribution is 6.30. The van der Waals surface area contributed by atoms with Crippen LogP contribution in [0.2, 0.25) is 5.02 Å². The molecule has 2 aliphatic rings. The van der Waals surface area contributed by atoms with Crippen molar-refractivity contribution in [1.29, 1.82) is 0 Å². The standard InChI is InChI=1S/C25H31ClN4O2/c1-17(2)14-25(24(32)28-12-9-18-7-10-27-11-8-18)23(21-6-5-20(26)13-22(21)31)30(16-29-25)15-19-3-4-19/h5-8,10-11,13,16-17,19,23,31H,3-4,9,12,14-15H2,1-2H3,(H,28,32)/t23-,25+/m0/s1. The highest BCUT2D eigenvalue weighted by Gasteiger charge is 2.53. The Bertz CT molecular complexity index is 977. The number of rotatable bonds is 9. The van der Waals surface area contributed by atoms with E-state index >= 15 is 0 Å². The van der Waals surface area contributed by atoms with E-state index in [1.54, 1.807) is 24.5 Å². The molecule has 170 valence electrons. The number of nitrogens with one attached hydrogen (secondary N) is 1. The molecule has 2 atom stereocenters. The molecule has 1 aromatic heterocycles. The number of aliphatic imine (C=N–C) groups is 1. The van der Waals surface area contributed by atoms with Crippen LogP contribution in [0.3, 0.4) is 0 Å². The molecule has 1 aromatic carbocycles. The van der Waals surface area contributed by atoms with Crippen molar-refractivity contribution in [3.8, 4) is 5.75 Å². The summed E-state index contributed by atoms with van der Waals surface area (Å²) in [5.41, 5.74) is 0.806. The molecule has 1 fully saturated rings. The van der Waals surface area contributed by atoms with Gasteiger partial charge in [0.1, 0.15) is 5.75 Å². The predicted octanol–water partition coefficient (Wildman–Crippen LogP) is 4.38. The molecule has 0 bridgehead atoms. The smallest absolute Gasteiger partial charge is 0.250 e. The summed E-state index contributed by atoms with van der Waals surface area (Å²) in [6, 6.07) is 8.68. The molecule has 32 heavy (non-hydrogen) atoms. The zero-order chi connectivity index (χ0) is 22.7. The van der Waals surface area contributed by atoms with Gasteiger partial charge in [-0.1, -0.05) is 31.5 Å². The Morgan fingerprint density at radius 2 is 2.03 bits per heavy atom. The van der Waals surface area contributed by atoms with Gasteiger partial charge in [-0.2, -0.15) is 0 Å². The Morgan fingerprint density at radius 3 is 2.69 bits per heavy atom. The van der Waals surface area contributed by atoms with Crippen molar-refractivity contribution in [2.75, 3.05) is 13.1 Å². The van der Waals surface area contributed by atoms with E-state index in [0.717, 1.165) is 18.5 Å². The number of aromatic nitrogens is 1. The average Bonchev–Trinajstić information content (AvgIpc) is 3.50. The summed E-state index contributed by atoms with van der Waals surface area (Å²) in [5.74, 6) is 0.861. The largest absolute Gasteiger partial charge is 0.508 e. The lowest BCUT2D eigenvalue weighted by molar-refractivity contribution is -0.128. The van der Waals surface area contributed by atoms with Crippen molar-refractivity contribution in [3.63, 3.8) is 0 Å².